The lowest BCUT2D eigenvalue weighted by Gasteiger charge is -2.20. The van der Waals surface area contributed by atoms with Crippen LogP contribution in [-0.4, -0.2) is 6.71 Å². The van der Waals surface area contributed by atoms with E-state index in [4.69, 9.17) is 0 Å². The van der Waals surface area contributed by atoms with Gasteiger partial charge in [0.15, 0.2) is 0 Å². The largest absolute Gasteiger partial charge is 0.268 e. The summed E-state index contributed by atoms with van der Waals surface area (Å²) in [6, 6.07) is 24.3. The van der Waals surface area contributed by atoms with Gasteiger partial charge >= 0.3 is 0 Å². The third kappa shape index (κ3) is 4.03. The van der Waals surface area contributed by atoms with E-state index in [1.54, 1.807) is 0 Å². The van der Waals surface area contributed by atoms with Crippen molar-refractivity contribution in [1.82, 2.24) is 0 Å². The molecule has 0 radical (unpaired) electrons. The predicted octanol–water partition coefficient (Wildman–Crippen LogP) is 6.43. The van der Waals surface area contributed by atoms with Gasteiger partial charge in [-0.3, -0.25) is 0 Å². The summed E-state index contributed by atoms with van der Waals surface area (Å²) in [5.74, 6) is 0. The zero-order valence-corrected chi connectivity index (χ0v) is 17.7. The maximum Gasteiger partial charge on any atom is 0.268 e. The lowest BCUT2D eigenvalue weighted by atomic mass is 9.41. The Morgan fingerprint density at radius 1 is 0.741 bits per heavy atom. The molecule has 0 aliphatic heterocycles. The van der Waals surface area contributed by atoms with Crippen LogP contribution in [0, 0.1) is 0 Å². The van der Waals surface area contributed by atoms with Crippen LogP contribution in [-0.2, 0) is 0 Å². The van der Waals surface area contributed by atoms with E-state index in [1.807, 2.05) is 34.0 Å². The topological polar surface area (TPSA) is 0 Å². The van der Waals surface area contributed by atoms with Crippen molar-refractivity contribution in [3.63, 3.8) is 0 Å². The van der Waals surface area contributed by atoms with Crippen LogP contribution in [0.3, 0.4) is 0 Å². The summed E-state index contributed by atoms with van der Waals surface area (Å²) in [6.45, 7) is 2.57. The second kappa shape index (κ2) is 8.88. The van der Waals surface area contributed by atoms with Gasteiger partial charge in [-0.2, -0.15) is 22.7 Å². The average molecular weight is 404 g/mol. The lowest BCUT2D eigenvalue weighted by Crippen LogP contribution is -2.40. The van der Waals surface area contributed by atoms with Gasteiger partial charge in [0.2, 0.25) is 0 Å². The summed E-state index contributed by atoms with van der Waals surface area (Å²) in [5, 5.41) is 6.60. The maximum atomic E-state index is 2.29. The molecule has 27 heavy (non-hydrogen) atoms. The Bertz CT molecular complexity index is 932. The molecule has 4 aromatic rings. The first-order valence-corrected chi connectivity index (χ1v) is 11.9. The molecule has 0 saturated heterocycles. The fourth-order valence-corrected chi connectivity index (χ4v) is 6.16. The summed E-state index contributed by atoms with van der Waals surface area (Å²) in [5.41, 5.74) is 4.30. The minimum absolute atomic E-state index is 0.297. The molecule has 0 saturated carbocycles. The van der Waals surface area contributed by atoms with Crippen molar-refractivity contribution in [3.8, 4) is 0 Å². The molecule has 0 unspecified atom stereocenters. The fourth-order valence-electron chi connectivity index (χ4n) is 3.56. The molecule has 1 aromatic carbocycles. The summed E-state index contributed by atoms with van der Waals surface area (Å²) >= 11 is 5.58. The number of hydrogen-bond acceptors (Lipinski definition) is 3. The molecule has 0 bridgehead atoms. The molecule has 0 spiro atoms. The van der Waals surface area contributed by atoms with Crippen LogP contribution in [0.25, 0.3) is 11.0 Å². The summed E-state index contributed by atoms with van der Waals surface area (Å²) in [6.07, 6.45) is 2.23. The molecular formula is C23H21BS3. The minimum Gasteiger partial charge on any atom is -0.158 e. The Morgan fingerprint density at radius 2 is 1.37 bits per heavy atom. The van der Waals surface area contributed by atoms with E-state index >= 15 is 0 Å². The summed E-state index contributed by atoms with van der Waals surface area (Å²) in [4.78, 5) is 1.38. The van der Waals surface area contributed by atoms with E-state index in [-0.39, 0.29) is 0 Å². The van der Waals surface area contributed by atoms with E-state index in [0.29, 0.717) is 6.71 Å². The fraction of sp³-hybridized carbons (Fsp3) is 0.130. The molecule has 134 valence electrons. The van der Waals surface area contributed by atoms with Gasteiger partial charge in [-0.25, -0.2) is 0 Å². The summed E-state index contributed by atoms with van der Waals surface area (Å²) in [7, 11) is 0. The van der Waals surface area contributed by atoms with Gasteiger partial charge in [-0.05, 0) is 54.8 Å². The van der Waals surface area contributed by atoms with Crippen molar-refractivity contribution in [2.24, 2.45) is 0 Å². The van der Waals surface area contributed by atoms with Crippen LogP contribution >= 0.6 is 34.0 Å². The molecule has 0 N–H and O–H groups in total. The Kier molecular flexibility index (Phi) is 6.08. The first kappa shape index (κ1) is 18.5. The van der Waals surface area contributed by atoms with E-state index in [0.717, 1.165) is 12.8 Å². The van der Waals surface area contributed by atoms with Crippen LogP contribution in [0.5, 0.6) is 0 Å². The van der Waals surface area contributed by atoms with Gasteiger partial charge in [-0.15, -0.1) is 11.3 Å². The van der Waals surface area contributed by atoms with Gasteiger partial charge in [0.1, 0.15) is 0 Å². The molecule has 0 aliphatic carbocycles. The molecule has 0 atom stereocenters. The van der Waals surface area contributed by atoms with Gasteiger partial charge < -0.3 is 0 Å². The Labute approximate surface area is 173 Å². The SMILES string of the molecule is CCC/C(=C(\B(c1cccs1)c1cccs1)c1cccs1)c1ccccc1. The van der Waals surface area contributed by atoms with Crippen LogP contribution in [0.4, 0.5) is 0 Å². The minimum atomic E-state index is 0.297. The average Bonchev–Trinajstić information content (AvgIpc) is 3.48. The highest BCUT2D eigenvalue weighted by atomic mass is 32.1. The van der Waals surface area contributed by atoms with Crippen molar-refractivity contribution in [2.45, 2.75) is 19.8 Å². The first-order chi connectivity index (χ1) is 13.4. The van der Waals surface area contributed by atoms with Crippen LogP contribution in [0.2, 0.25) is 0 Å². The third-order valence-corrected chi connectivity index (χ3v) is 7.46. The molecule has 4 rings (SSSR count). The second-order valence-corrected chi connectivity index (χ2v) is 9.36. The first-order valence-electron chi connectivity index (χ1n) is 9.27. The molecular weight excluding hydrogens is 383 g/mol. The van der Waals surface area contributed by atoms with Crippen molar-refractivity contribution < 1.29 is 0 Å². The van der Waals surface area contributed by atoms with Crippen LogP contribution in [0.15, 0.2) is 82.9 Å². The van der Waals surface area contributed by atoms with E-state index in [1.165, 1.54) is 31.0 Å². The van der Waals surface area contributed by atoms with Crippen molar-refractivity contribution in [1.29, 1.82) is 0 Å². The van der Waals surface area contributed by atoms with Gasteiger partial charge in [0.05, 0.1) is 0 Å². The number of thiophene rings is 3. The highest BCUT2D eigenvalue weighted by molar-refractivity contribution is 7.35. The maximum absolute atomic E-state index is 2.29. The van der Waals surface area contributed by atoms with Crippen LogP contribution < -0.4 is 9.55 Å². The molecule has 0 amide bonds. The second-order valence-electron chi connectivity index (χ2n) is 6.45. The molecule has 3 heterocycles. The van der Waals surface area contributed by atoms with Crippen molar-refractivity contribution in [2.75, 3.05) is 0 Å². The molecule has 0 nitrogen and oxygen atoms in total. The highest BCUT2D eigenvalue weighted by Gasteiger charge is 2.30. The normalized spacial score (nSPS) is 12.0. The highest BCUT2D eigenvalue weighted by Crippen LogP contribution is 2.34. The predicted molar refractivity (Wildman–Crippen MR) is 126 cm³/mol. The Balaban J connectivity index is 2.00. The summed E-state index contributed by atoms with van der Waals surface area (Å²) < 4.78 is 2.84. The molecule has 0 aliphatic rings. The zero-order chi connectivity index (χ0) is 18.5. The molecule has 0 fully saturated rings. The van der Waals surface area contributed by atoms with E-state index in [2.05, 4.69) is 89.8 Å². The monoisotopic (exact) mass is 404 g/mol. The lowest BCUT2D eigenvalue weighted by molar-refractivity contribution is 0.975. The smallest absolute Gasteiger partial charge is 0.158 e. The molecule has 3 aromatic heterocycles. The zero-order valence-electron chi connectivity index (χ0n) is 15.3. The van der Waals surface area contributed by atoms with Gasteiger partial charge in [-0.1, -0.05) is 74.0 Å². The van der Waals surface area contributed by atoms with E-state index in [9.17, 15) is 0 Å². The van der Waals surface area contributed by atoms with Crippen molar-refractivity contribution >= 4 is 61.3 Å². The Hall–Kier alpha value is -1.88. The number of hydrogen-bond donors (Lipinski definition) is 0. The van der Waals surface area contributed by atoms with E-state index < -0.39 is 0 Å². The number of benzene rings is 1. The van der Waals surface area contributed by atoms with Crippen LogP contribution in [0.1, 0.15) is 30.2 Å². The van der Waals surface area contributed by atoms with Gasteiger partial charge in [0.25, 0.3) is 6.71 Å². The number of allylic oxidation sites excluding steroid dienone is 1. The van der Waals surface area contributed by atoms with Crippen molar-refractivity contribution in [3.05, 3.63) is 93.3 Å². The quantitative estimate of drug-likeness (QED) is 0.311. The molecule has 4 heteroatoms. The Morgan fingerprint density at radius 3 is 1.89 bits per heavy atom. The number of rotatable bonds is 7. The standard InChI is InChI=1S/C23H21BS3/c1-2-9-19(18-10-4-3-5-11-18)23(20-12-6-15-25-20)24(21-13-7-16-26-21)22-14-8-17-27-22/h3-8,10-17H,2,9H2,1H3/b23-19+. The third-order valence-electron chi connectivity index (χ3n) is 4.68. The van der Waals surface area contributed by atoms with Gasteiger partial charge in [0, 0.05) is 4.88 Å².